The molecule has 1 fully saturated rings. The summed E-state index contributed by atoms with van der Waals surface area (Å²) in [6.07, 6.45) is 36.3. The number of hydrogen-bond acceptors (Lipinski definition) is 2. The maximum atomic E-state index is 2.76. The minimum Gasteiger partial charge on any atom is -0.302 e. The van der Waals surface area contributed by atoms with Gasteiger partial charge in [0, 0.05) is 13.1 Å². The molecule has 0 aromatic rings. The van der Waals surface area contributed by atoms with Crippen molar-refractivity contribution in [1.29, 1.82) is 0 Å². The second-order valence-electron chi connectivity index (χ2n) is 11.8. The van der Waals surface area contributed by atoms with Crippen molar-refractivity contribution in [2.75, 3.05) is 39.3 Å². The third-order valence-electron chi connectivity index (χ3n) is 8.34. The maximum absolute atomic E-state index is 2.76. The Kier molecular flexibility index (Phi) is 25.4. The molecule has 1 rings (SSSR count). The molecule has 1 aliphatic heterocycles. The van der Waals surface area contributed by atoms with E-state index < -0.39 is 0 Å². The Morgan fingerprint density at radius 2 is 0.571 bits per heavy atom. The lowest BCUT2D eigenvalue weighted by atomic mass is 10.1. The number of nitrogens with zero attached hydrogens (tertiary/aromatic N) is 2. The minimum absolute atomic E-state index is 1.32. The van der Waals surface area contributed by atoms with Crippen LogP contribution in [-0.4, -0.2) is 49.1 Å². The van der Waals surface area contributed by atoms with Crippen LogP contribution in [0.4, 0.5) is 0 Å². The predicted octanol–water partition coefficient (Wildman–Crippen LogP) is 10.4. The Morgan fingerprint density at radius 1 is 0.314 bits per heavy atom. The Morgan fingerprint density at radius 3 is 0.857 bits per heavy atom. The second kappa shape index (κ2) is 27.0. The number of unbranched alkanes of at least 4 members (excludes halogenated alkanes) is 22. The molecule has 1 aliphatic rings. The first-order chi connectivity index (χ1) is 17.4. The van der Waals surface area contributed by atoms with Crippen LogP contribution in [0.3, 0.4) is 0 Å². The first-order valence-corrected chi connectivity index (χ1v) is 16.8. The Hall–Kier alpha value is -0.0800. The van der Waals surface area contributed by atoms with Gasteiger partial charge >= 0.3 is 0 Å². The van der Waals surface area contributed by atoms with Gasteiger partial charge in [-0.2, -0.15) is 0 Å². The fourth-order valence-corrected chi connectivity index (χ4v) is 5.82. The standard InChI is InChI=1S/C33H68N2/c1-3-5-7-9-11-13-15-17-19-21-23-25-28-34-30-27-31-35(33-32-34)29-26-24-22-20-18-16-14-12-10-8-6-4-2/h3-33H2,1-2H3. The largest absolute Gasteiger partial charge is 0.302 e. The average Bonchev–Trinajstić information content (AvgIpc) is 3.10. The molecule has 0 atom stereocenters. The molecule has 0 saturated carbocycles. The third-order valence-corrected chi connectivity index (χ3v) is 8.34. The summed E-state index contributed by atoms with van der Waals surface area (Å²) >= 11 is 0. The normalized spacial score (nSPS) is 15.6. The van der Waals surface area contributed by atoms with Crippen molar-refractivity contribution in [3.63, 3.8) is 0 Å². The molecule has 1 saturated heterocycles. The van der Waals surface area contributed by atoms with Crippen LogP contribution in [0.1, 0.15) is 174 Å². The van der Waals surface area contributed by atoms with Gasteiger partial charge in [0.2, 0.25) is 0 Å². The van der Waals surface area contributed by atoms with Crippen molar-refractivity contribution in [2.24, 2.45) is 0 Å². The van der Waals surface area contributed by atoms with Gasteiger partial charge < -0.3 is 9.80 Å². The van der Waals surface area contributed by atoms with E-state index in [0.29, 0.717) is 0 Å². The highest BCUT2D eigenvalue weighted by molar-refractivity contribution is 4.70. The van der Waals surface area contributed by atoms with Crippen molar-refractivity contribution in [2.45, 2.75) is 174 Å². The summed E-state index contributed by atoms with van der Waals surface area (Å²) in [7, 11) is 0. The molecular formula is C33H68N2. The third kappa shape index (κ3) is 22.8. The second-order valence-corrected chi connectivity index (χ2v) is 11.8. The highest BCUT2D eigenvalue weighted by atomic mass is 15.2. The Labute approximate surface area is 223 Å². The zero-order valence-corrected chi connectivity index (χ0v) is 24.8. The van der Waals surface area contributed by atoms with Crippen molar-refractivity contribution in [1.82, 2.24) is 9.80 Å². The van der Waals surface area contributed by atoms with Crippen LogP contribution in [0, 0.1) is 0 Å². The van der Waals surface area contributed by atoms with Gasteiger partial charge in [-0.1, -0.05) is 155 Å². The predicted molar refractivity (Wildman–Crippen MR) is 160 cm³/mol. The lowest BCUT2D eigenvalue weighted by Gasteiger charge is -2.21. The van der Waals surface area contributed by atoms with Gasteiger partial charge in [0.15, 0.2) is 0 Å². The first kappa shape index (κ1) is 32.9. The van der Waals surface area contributed by atoms with E-state index in [-0.39, 0.29) is 0 Å². The zero-order chi connectivity index (χ0) is 25.1. The molecule has 0 aliphatic carbocycles. The molecule has 0 N–H and O–H groups in total. The molecule has 0 bridgehead atoms. The summed E-state index contributed by atoms with van der Waals surface area (Å²) in [5, 5.41) is 0. The van der Waals surface area contributed by atoms with E-state index in [4.69, 9.17) is 0 Å². The van der Waals surface area contributed by atoms with E-state index in [1.54, 1.807) is 0 Å². The van der Waals surface area contributed by atoms with Gasteiger partial charge in [-0.15, -0.1) is 0 Å². The zero-order valence-electron chi connectivity index (χ0n) is 24.8. The van der Waals surface area contributed by atoms with Gasteiger partial charge in [-0.25, -0.2) is 0 Å². The molecular weight excluding hydrogens is 424 g/mol. The van der Waals surface area contributed by atoms with Crippen LogP contribution in [0.25, 0.3) is 0 Å². The molecule has 0 aromatic carbocycles. The molecule has 0 spiro atoms. The summed E-state index contributed by atoms with van der Waals surface area (Å²) in [5.74, 6) is 0. The van der Waals surface area contributed by atoms with Crippen molar-refractivity contribution < 1.29 is 0 Å². The van der Waals surface area contributed by atoms with Crippen LogP contribution >= 0.6 is 0 Å². The van der Waals surface area contributed by atoms with E-state index in [9.17, 15) is 0 Å². The van der Waals surface area contributed by atoms with E-state index >= 15 is 0 Å². The molecule has 0 aromatic heterocycles. The molecule has 0 radical (unpaired) electrons. The smallest absolute Gasteiger partial charge is 0.0109 e. The first-order valence-electron chi connectivity index (χ1n) is 16.8. The lowest BCUT2D eigenvalue weighted by molar-refractivity contribution is 0.249. The van der Waals surface area contributed by atoms with E-state index in [2.05, 4.69) is 23.6 Å². The lowest BCUT2D eigenvalue weighted by Crippen LogP contribution is -2.32. The molecule has 1 heterocycles. The molecule has 0 unspecified atom stereocenters. The fourth-order valence-electron chi connectivity index (χ4n) is 5.82. The van der Waals surface area contributed by atoms with Gasteiger partial charge in [-0.05, 0) is 45.4 Å². The molecule has 210 valence electrons. The van der Waals surface area contributed by atoms with Crippen molar-refractivity contribution in [3.8, 4) is 0 Å². The topological polar surface area (TPSA) is 6.48 Å². The summed E-state index contributed by atoms with van der Waals surface area (Å²) in [6, 6.07) is 0. The summed E-state index contributed by atoms with van der Waals surface area (Å²) in [6.45, 7) is 12.6. The van der Waals surface area contributed by atoms with Crippen LogP contribution in [-0.2, 0) is 0 Å². The Balaban J connectivity index is 1.84. The van der Waals surface area contributed by atoms with E-state index in [1.807, 2.05) is 0 Å². The van der Waals surface area contributed by atoms with Gasteiger partial charge in [-0.3, -0.25) is 0 Å². The van der Waals surface area contributed by atoms with Crippen LogP contribution in [0.5, 0.6) is 0 Å². The average molecular weight is 493 g/mol. The highest BCUT2D eigenvalue weighted by Crippen LogP contribution is 2.14. The Bertz CT molecular complexity index is 361. The van der Waals surface area contributed by atoms with Crippen LogP contribution in [0.2, 0.25) is 0 Å². The molecule has 2 heteroatoms. The monoisotopic (exact) mass is 493 g/mol. The number of rotatable bonds is 26. The van der Waals surface area contributed by atoms with Gasteiger partial charge in [0.05, 0.1) is 0 Å². The van der Waals surface area contributed by atoms with Crippen LogP contribution in [0.15, 0.2) is 0 Å². The van der Waals surface area contributed by atoms with Crippen LogP contribution < -0.4 is 0 Å². The maximum Gasteiger partial charge on any atom is 0.0109 e. The molecule has 2 nitrogen and oxygen atoms in total. The molecule has 35 heavy (non-hydrogen) atoms. The fraction of sp³-hybridized carbons (Fsp3) is 1.00. The summed E-state index contributed by atoms with van der Waals surface area (Å²) < 4.78 is 0. The van der Waals surface area contributed by atoms with E-state index in [0.717, 1.165) is 0 Å². The highest BCUT2D eigenvalue weighted by Gasteiger charge is 2.13. The summed E-state index contributed by atoms with van der Waals surface area (Å²) in [4.78, 5) is 5.52. The van der Waals surface area contributed by atoms with Crippen molar-refractivity contribution >= 4 is 0 Å². The SMILES string of the molecule is CCCCCCCCCCCCCCN1CCCN(CCCCCCCCCCCCCC)CC1. The van der Waals surface area contributed by atoms with Gasteiger partial charge in [0.25, 0.3) is 0 Å². The van der Waals surface area contributed by atoms with Gasteiger partial charge in [0.1, 0.15) is 0 Å². The minimum atomic E-state index is 1.32. The molecule has 0 amide bonds. The van der Waals surface area contributed by atoms with E-state index in [1.165, 1.54) is 200 Å². The van der Waals surface area contributed by atoms with Crippen molar-refractivity contribution in [3.05, 3.63) is 0 Å². The number of hydrogen-bond donors (Lipinski definition) is 0. The quantitative estimate of drug-likeness (QED) is 0.111. The summed E-state index contributed by atoms with van der Waals surface area (Å²) in [5.41, 5.74) is 0.